The van der Waals surface area contributed by atoms with Gasteiger partial charge in [0, 0.05) is 37.1 Å². The first-order valence-electron chi connectivity index (χ1n) is 11.9. The van der Waals surface area contributed by atoms with Crippen LogP contribution in [0.5, 0.6) is 0 Å². The Balaban J connectivity index is 1.40. The monoisotopic (exact) mass is 509 g/mol. The molecule has 0 amide bonds. The van der Waals surface area contributed by atoms with Gasteiger partial charge in [-0.3, -0.25) is 0 Å². The number of aromatic nitrogens is 4. The summed E-state index contributed by atoms with van der Waals surface area (Å²) in [6.45, 7) is 3.43. The summed E-state index contributed by atoms with van der Waals surface area (Å²) in [5.41, 5.74) is 3.72. The van der Waals surface area contributed by atoms with Crippen molar-refractivity contribution in [1.82, 2.24) is 23.9 Å². The van der Waals surface area contributed by atoms with E-state index < -0.39 is 10.0 Å². The highest BCUT2D eigenvalue weighted by atomic mass is 32.2. The molecule has 9 nitrogen and oxygen atoms in total. The minimum absolute atomic E-state index is 0.0395. The molecule has 1 aliphatic rings. The summed E-state index contributed by atoms with van der Waals surface area (Å²) in [5, 5.41) is 19.4. The highest BCUT2D eigenvalue weighted by Gasteiger charge is 2.32. The molecule has 3 aromatic carbocycles. The Bertz CT molecular complexity index is 1780. The van der Waals surface area contributed by atoms with E-state index in [1.54, 1.807) is 12.1 Å². The van der Waals surface area contributed by atoms with Gasteiger partial charge < -0.3 is 4.90 Å². The number of piperazine rings is 1. The van der Waals surface area contributed by atoms with Gasteiger partial charge in [0.2, 0.25) is 16.0 Å². The molecule has 184 valence electrons. The molecule has 5 aromatic rings. The van der Waals surface area contributed by atoms with E-state index in [0.717, 1.165) is 22.0 Å². The first-order valence-corrected chi connectivity index (χ1v) is 13.4. The van der Waals surface area contributed by atoms with Gasteiger partial charge in [-0.1, -0.05) is 54.1 Å². The molecule has 6 rings (SSSR count). The third-order valence-corrected chi connectivity index (χ3v) is 8.64. The molecule has 1 saturated heterocycles. The molecule has 1 aliphatic heterocycles. The molecule has 0 radical (unpaired) electrons. The van der Waals surface area contributed by atoms with Crippen LogP contribution in [0, 0.1) is 18.3 Å². The van der Waals surface area contributed by atoms with E-state index in [1.165, 1.54) is 16.4 Å². The predicted octanol–water partition coefficient (Wildman–Crippen LogP) is 3.64. The lowest BCUT2D eigenvalue weighted by atomic mass is 10.1. The molecule has 0 saturated carbocycles. The fourth-order valence-electron chi connectivity index (χ4n) is 4.72. The van der Waals surface area contributed by atoms with E-state index in [-0.39, 0.29) is 23.5 Å². The minimum Gasteiger partial charge on any atom is -0.339 e. The number of fused-ring (bicyclic) bond motifs is 3. The van der Waals surface area contributed by atoms with Crippen molar-refractivity contribution in [2.45, 2.75) is 11.8 Å². The van der Waals surface area contributed by atoms with Crippen LogP contribution in [0.2, 0.25) is 0 Å². The zero-order valence-corrected chi connectivity index (χ0v) is 20.9. The van der Waals surface area contributed by atoms with Crippen LogP contribution in [0.15, 0.2) is 77.7 Å². The molecule has 0 atom stereocenters. The Morgan fingerprint density at radius 1 is 0.865 bits per heavy atom. The molecule has 0 unspecified atom stereocenters. The number of aryl methyl sites for hydroxylation is 1. The van der Waals surface area contributed by atoms with Crippen molar-refractivity contribution in [3.8, 4) is 17.5 Å². The highest BCUT2D eigenvalue weighted by molar-refractivity contribution is 7.89. The molecule has 2 aromatic heterocycles. The van der Waals surface area contributed by atoms with Gasteiger partial charge in [0.05, 0.1) is 16.0 Å². The highest BCUT2D eigenvalue weighted by Crippen LogP contribution is 2.30. The predicted molar refractivity (Wildman–Crippen MR) is 141 cm³/mol. The molecule has 0 spiro atoms. The summed E-state index contributed by atoms with van der Waals surface area (Å²) in [6.07, 6.45) is 0. The quantitative estimate of drug-likeness (QED) is 0.364. The zero-order valence-electron chi connectivity index (χ0n) is 20.1. The van der Waals surface area contributed by atoms with Crippen LogP contribution in [-0.4, -0.2) is 58.5 Å². The van der Waals surface area contributed by atoms with Crippen molar-refractivity contribution in [3.05, 3.63) is 83.9 Å². The van der Waals surface area contributed by atoms with Crippen LogP contribution in [0.3, 0.4) is 0 Å². The van der Waals surface area contributed by atoms with Crippen LogP contribution < -0.4 is 4.90 Å². The molecule has 10 heteroatoms. The normalized spacial score (nSPS) is 14.8. The topological polar surface area (TPSA) is 107 Å². The van der Waals surface area contributed by atoms with Gasteiger partial charge in [0.1, 0.15) is 6.07 Å². The van der Waals surface area contributed by atoms with Crippen molar-refractivity contribution < 1.29 is 8.42 Å². The second kappa shape index (κ2) is 8.96. The van der Waals surface area contributed by atoms with Crippen LogP contribution in [0.25, 0.3) is 27.9 Å². The van der Waals surface area contributed by atoms with Crippen LogP contribution >= 0.6 is 0 Å². The number of hydrogen-bond donors (Lipinski definition) is 0. The molecule has 0 N–H and O–H groups in total. The van der Waals surface area contributed by atoms with E-state index in [0.29, 0.717) is 30.5 Å². The molecule has 0 bridgehead atoms. The van der Waals surface area contributed by atoms with Gasteiger partial charge in [-0.2, -0.15) is 9.57 Å². The summed E-state index contributed by atoms with van der Waals surface area (Å²) in [5.74, 6) is 1.35. The van der Waals surface area contributed by atoms with E-state index in [2.05, 4.69) is 15.1 Å². The fourth-order valence-corrected chi connectivity index (χ4v) is 6.28. The van der Waals surface area contributed by atoms with E-state index in [1.807, 2.05) is 65.9 Å². The number of anilines is 1. The minimum atomic E-state index is -3.80. The Kier molecular flexibility index (Phi) is 5.59. The van der Waals surface area contributed by atoms with Gasteiger partial charge in [-0.25, -0.2) is 17.8 Å². The lowest BCUT2D eigenvalue weighted by molar-refractivity contribution is 0.382. The molecule has 3 heterocycles. The Labute approximate surface area is 214 Å². The van der Waals surface area contributed by atoms with Crippen LogP contribution in [0.4, 0.5) is 5.95 Å². The molecule has 37 heavy (non-hydrogen) atoms. The Morgan fingerprint density at radius 3 is 2.32 bits per heavy atom. The van der Waals surface area contributed by atoms with Crippen LogP contribution in [0.1, 0.15) is 11.1 Å². The van der Waals surface area contributed by atoms with Gasteiger partial charge in [0.25, 0.3) is 0 Å². The smallest absolute Gasteiger partial charge is 0.244 e. The lowest BCUT2D eigenvalue weighted by Gasteiger charge is -2.35. The Hall–Kier alpha value is -4.33. The van der Waals surface area contributed by atoms with Gasteiger partial charge >= 0.3 is 0 Å². The molecular weight excluding hydrogens is 486 g/mol. The number of hydrogen-bond acceptors (Lipinski definition) is 7. The van der Waals surface area contributed by atoms with E-state index in [9.17, 15) is 13.7 Å². The first-order chi connectivity index (χ1) is 18.0. The summed E-state index contributed by atoms with van der Waals surface area (Å²) >= 11 is 0. The second-order valence-electron chi connectivity index (χ2n) is 8.98. The standard InChI is InChI=1S/C27H23N7O2S/c1-19-10-12-20(13-11-19)25-30-31-26-22-7-3-4-8-23(22)29-27(34(25)26)32-14-16-33(17-15-32)37(35,36)24-9-5-2-6-21(24)18-28/h2-13H,14-17H2,1H3. The third kappa shape index (κ3) is 3.89. The Morgan fingerprint density at radius 2 is 1.57 bits per heavy atom. The van der Waals surface area contributed by atoms with Gasteiger partial charge in [-0.05, 0) is 31.2 Å². The zero-order chi connectivity index (χ0) is 25.6. The summed E-state index contributed by atoms with van der Waals surface area (Å²) in [7, 11) is -3.80. The molecule has 0 aliphatic carbocycles. The van der Waals surface area contributed by atoms with Gasteiger partial charge in [0.15, 0.2) is 11.5 Å². The van der Waals surface area contributed by atoms with E-state index in [4.69, 9.17) is 4.98 Å². The average molecular weight is 510 g/mol. The third-order valence-electron chi connectivity index (χ3n) is 6.69. The SMILES string of the molecule is Cc1ccc(-c2nnc3c4ccccc4nc(N4CCN(S(=O)(=O)c5ccccc5C#N)CC4)n23)cc1. The molecular formula is C27H23N7O2S. The van der Waals surface area contributed by atoms with Crippen molar-refractivity contribution >= 4 is 32.5 Å². The number of nitrogens with zero attached hydrogens (tertiary/aromatic N) is 7. The van der Waals surface area contributed by atoms with Crippen molar-refractivity contribution in [3.63, 3.8) is 0 Å². The number of benzene rings is 3. The summed E-state index contributed by atoms with van der Waals surface area (Å²) in [6, 6.07) is 24.2. The number of sulfonamides is 1. The maximum Gasteiger partial charge on any atom is 0.244 e. The fraction of sp³-hybridized carbons (Fsp3) is 0.185. The van der Waals surface area contributed by atoms with Crippen molar-refractivity contribution in [1.29, 1.82) is 5.26 Å². The van der Waals surface area contributed by atoms with Crippen molar-refractivity contribution in [2.75, 3.05) is 31.1 Å². The number of rotatable bonds is 4. The summed E-state index contributed by atoms with van der Waals surface area (Å²) < 4.78 is 30.1. The van der Waals surface area contributed by atoms with Gasteiger partial charge in [-0.15, -0.1) is 10.2 Å². The lowest BCUT2D eigenvalue weighted by Crippen LogP contribution is -2.49. The van der Waals surface area contributed by atoms with Crippen molar-refractivity contribution in [2.24, 2.45) is 0 Å². The molecule has 1 fully saturated rings. The summed E-state index contributed by atoms with van der Waals surface area (Å²) in [4.78, 5) is 7.09. The first kappa shape index (κ1) is 23.1. The maximum atomic E-state index is 13.3. The second-order valence-corrected chi connectivity index (χ2v) is 10.9. The maximum absolute atomic E-state index is 13.3. The number of nitriles is 1. The average Bonchev–Trinajstić information content (AvgIpc) is 3.39. The van der Waals surface area contributed by atoms with Crippen LogP contribution in [-0.2, 0) is 10.0 Å². The number of para-hydroxylation sites is 1. The largest absolute Gasteiger partial charge is 0.339 e. The van der Waals surface area contributed by atoms with E-state index >= 15 is 0 Å².